The summed E-state index contributed by atoms with van der Waals surface area (Å²) >= 11 is 0. The fraction of sp³-hybridized carbons (Fsp3) is 0.444. The van der Waals surface area contributed by atoms with Crippen LogP contribution in [0, 0.1) is 0 Å². The van der Waals surface area contributed by atoms with Crippen LogP contribution in [0.5, 0.6) is 5.75 Å². The number of nitrogens with zero attached hydrogens (tertiary/aromatic N) is 1. The largest absolute Gasteiger partial charge is 0.473 e. The molecule has 20 heavy (non-hydrogen) atoms. The Bertz CT molecular complexity index is 528. The zero-order valence-corrected chi connectivity index (χ0v) is 13.1. The van der Waals surface area contributed by atoms with Crippen LogP contribution in [0.15, 0.2) is 42.6 Å². The smallest absolute Gasteiger partial charge is 0.161 e. The number of fused-ring (bicyclic) bond motifs is 1. The number of hydrogen-bond donors (Lipinski definition) is 0. The molecule has 0 unspecified atom stereocenters. The monoisotopic (exact) mass is 271 g/mol. The highest BCUT2D eigenvalue weighted by molar-refractivity contribution is 5.41. The second-order valence-electron chi connectivity index (χ2n) is 5.95. The van der Waals surface area contributed by atoms with Crippen molar-refractivity contribution in [2.75, 3.05) is 6.73 Å². The van der Waals surface area contributed by atoms with Crippen molar-refractivity contribution in [3.8, 4) is 5.75 Å². The Kier molecular flexibility index (Phi) is 4.22. The Labute approximate surface area is 122 Å². The predicted octanol–water partition coefficient (Wildman–Crippen LogP) is 4.62. The minimum absolute atomic E-state index is 0.208. The molecule has 0 spiro atoms. The van der Waals surface area contributed by atoms with E-state index in [0.717, 1.165) is 24.4 Å². The summed E-state index contributed by atoms with van der Waals surface area (Å²) in [5, 5.41) is 0. The number of rotatable bonds is 4. The molecule has 0 aromatic heterocycles. The fourth-order valence-corrected chi connectivity index (χ4v) is 2.46. The standard InChI is InChI=1S/C18H25NO/c1-6-16(7-2)19-12-14-11-15(18(4,5)8-3)9-10-17(14)20-13-19/h6-7,9-11H,1,8,12-13H2,2-5H3/b16-7+. The molecule has 0 fully saturated rings. The van der Waals surface area contributed by atoms with E-state index in [1.807, 2.05) is 13.0 Å². The molecule has 2 nitrogen and oxygen atoms in total. The Hall–Kier alpha value is -1.70. The van der Waals surface area contributed by atoms with Crippen molar-refractivity contribution in [3.63, 3.8) is 0 Å². The topological polar surface area (TPSA) is 12.5 Å². The van der Waals surface area contributed by atoms with Crippen LogP contribution in [0.25, 0.3) is 0 Å². The molecule has 1 aliphatic heterocycles. The fourth-order valence-electron chi connectivity index (χ4n) is 2.46. The van der Waals surface area contributed by atoms with Crippen LogP contribution in [0.1, 0.15) is 45.2 Å². The Morgan fingerprint density at radius 2 is 2.20 bits per heavy atom. The van der Waals surface area contributed by atoms with Gasteiger partial charge in [0, 0.05) is 17.8 Å². The van der Waals surface area contributed by atoms with Gasteiger partial charge in [0.2, 0.25) is 0 Å². The number of hydrogen-bond acceptors (Lipinski definition) is 2. The number of allylic oxidation sites excluding steroid dienone is 2. The summed E-state index contributed by atoms with van der Waals surface area (Å²) in [7, 11) is 0. The highest BCUT2D eigenvalue weighted by Crippen LogP contribution is 2.33. The van der Waals surface area contributed by atoms with Gasteiger partial charge in [0.25, 0.3) is 0 Å². The highest BCUT2D eigenvalue weighted by Gasteiger charge is 2.23. The van der Waals surface area contributed by atoms with Crippen LogP contribution in [0.4, 0.5) is 0 Å². The van der Waals surface area contributed by atoms with Crippen LogP contribution in [-0.4, -0.2) is 11.6 Å². The Morgan fingerprint density at radius 1 is 1.45 bits per heavy atom. The molecule has 2 heteroatoms. The highest BCUT2D eigenvalue weighted by atomic mass is 16.5. The maximum Gasteiger partial charge on any atom is 0.161 e. The van der Waals surface area contributed by atoms with Crippen molar-refractivity contribution in [3.05, 3.63) is 53.8 Å². The van der Waals surface area contributed by atoms with E-state index in [4.69, 9.17) is 4.74 Å². The van der Waals surface area contributed by atoms with Crippen LogP contribution in [0.3, 0.4) is 0 Å². The van der Waals surface area contributed by atoms with Gasteiger partial charge in [-0.2, -0.15) is 0 Å². The molecule has 2 rings (SSSR count). The lowest BCUT2D eigenvalue weighted by atomic mass is 9.81. The molecule has 1 aliphatic rings. The molecule has 1 aromatic rings. The minimum Gasteiger partial charge on any atom is -0.473 e. The molecule has 108 valence electrons. The third kappa shape index (κ3) is 2.74. The average Bonchev–Trinajstić information content (AvgIpc) is 2.47. The summed E-state index contributed by atoms with van der Waals surface area (Å²) in [5.41, 5.74) is 3.97. The molecule has 0 radical (unpaired) electrons. The van der Waals surface area contributed by atoms with E-state index in [2.05, 4.69) is 56.5 Å². The maximum atomic E-state index is 5.86. The summed E-state index contributed by atoms with van der Waals surface area (Å²) in [6.45, 7) is 14.2. The van der Waals surface area contributed by atoms with Crippen molar-refractivity contribution in [1.82, 2.24) is 4.90 Å². The SMILES string of the molecule is C=C/C(=C\C)N1COc2ccc(C(C)(C)CC)cc2C1. The average molecular weight is 271 g/mol. The van der Waals surface area contributed by atoms with Crippen molar-refractivity contribution >= 4 is 0 Å². The second kappa shape index (κ2) is 5.74. The molecule has 0 bridgehead atoms. The van der Waals surface area contributed by atoms with Crippen LogP contribution < -0.4 is 4.74 Å². The number of benzene rings is 1. The van der Waals surface area contributed by atoms with Crippen LogP contribution in [0.2, 0.25) is 0 Å². The lowest BCUT2D eigenvalue weighted by Crippen LogP contribution is -2.31. The Balaban J connectivity index is 2.31. The van der Waals surface area contributed by atoms with Crippen molar-refractivity contribution in [1.29, 1.82) is 0 Å². The lowest BCUT2D eigenvalue weighted by Gasteiger charge is -2.33. The van der Waals surface area contributed by atoms with Crippen molar-refractivity contribution in [2.45, 2.75) is 46.1 Å². The van der Waals surface area contributed by atoms with E-state index in [9.17, 15) is 0 Å². The van der Waals surface area contributed by atoms with E-state index >= 15 is 0 Å². The lowest BCUT2D eigenvalue weighted by molar-refractivity contribution is 0.131. The van der Waals surface area contributed by atoms with Gasteiger partial charge in [0.15, 0.2) is 6.73 Å². The molecule has 0 saturated heterocycles. The quantitative estimate of drug-likeness (QED) is 0.741. The first-order valence-electron chi connectivity index (χ1n) is 7.31. The molecule has 0 atom stereocenters. The van der Waals surface area contributed by atoms with Gasteiger partial charge >= 0.3 is 0 Å². The Morgan fingerprint density at radius 3 is 2.80 bits per heavy atom. The van der Waals surface area contributed by atoms with Gasteiger partial charge < -0.3 is 9.64 Å². The van der Waals surface area contributed by atoms with Gasteiger partial charge in [-0.25, -0.2) is 0 Å². The third-order valence-corrected chi connectivity index (χ3v) is 4.33. The molecular formula is C18H25NO. The molecule has 0 N–H and O–H groups in total. The van der Waals surface area contributed by atoms with E-state index in [0.29, 0.717) is 6.73 Å². The minimum atomic E-state index is 0.208. The van der Waals surface area contributed by atoms with Crippen LogP contribution in [-0.2, 0) is 12.0 Å². The van der Waals surface area contributed by atoms with Gasteiger partial charge in [-0.1, -0.05) is 39.5 Å². The van der Waals surface area contributed by atoms with Crippen molar-refractivity contribution < 1.29 is 4.74 Å². The first-order chi connectivity index (χ1) is 9.51. The molecule has 0 saturated carbocycles. The first kappa shape index (κ1) is 14.7. The van der Waals surface area contributed by atoms with Gasteiger partial charge in [0.05, 0.1) is 0 Å². The number of ether oxygens (including phenoxy) is 1. The van der Waals surface area contributed by atoms with Gasteiger partial charge in [-0.05, 0) is 42.5 Å². The normalized spacial score (nSPS) is 15.6. The summed E-state index contributed by atoms with van der Waals surface area (Å²) in [6.07, 6.45) is 5.08. The molecular weight excluding hydrogens is 246 g/mol. The summed E-state index contributed by atoms with van der Waals surface area (Å²) in [5.74, 6) is 1.01. The molecule has 0 amide bonds. The molecule has 1 aromatic carbocycles. The van der Waals surface area contributed by atoms with Gasteiger partial charge in [-0.15, -0.1) is 0 Å². The zero-order chi connectivity index (χ0) is 14.8. The van der Waals surface area contributed by atoms with E-state index in [1.54, 1.807) is 0 Å². The van der Waals surface area contributed by atoms with E-state index in [1.165, 1.54) is 11.1 Å². The summed E-state index contributed by atoms with van der Waals surface area (Å²) in [6, 6.07) is 6.60. The van der Waals surface area contributed by atoms with E-state index in [-0.39, 0.29) is 5.41 Å². The predicted molar refractivity (Wildman–Crippen MR) is 84.8 cm³/mol. The zero-order valence-electron chi connectivity index (χ0n) is 13.1. The molecule has 0 aliphatic carbocycles. The second-order valence-corrected chi connectivity index (χ2v) is 5.95. The van der Waals surface area contributed by atoms with Gasteiger partial charge in [-0.3, -0.25) is 0 Å². The first-order valence-corrected chi connectivity index (χ1v) is 7.31. The molecule has 1 heterocycles. The maximum absolute atomic E-state index is 5.86. The van der Waals surface area contributed by atoms with Crippen molar-refractivity contribution in [2.24, 2.45) is 0 Å². The third-order valence-electron chi connectivity index (χ3n) is 4.33. The summed E-state index contributed by atoms with van der Waals surface area (Å²) in [4.78, 5) is 2.21. The van der Waals surface area contributed by atoms with Crippen LogP contribution >= 0.6 is 0 Å². The van der Waals surface area contributed by atoms with E-state index < -0.39 is 0 Å². The van der Waals surface area contributed by atoms with Gasteiger partial charge in [0.1, 0.15) is 5.75 Å². The summed E-state index contributed by atoms with van der Waals surface area (Å²) < 4.78 is 5.86.